The zero-order valence-electron chi connectivity index (χ0n) is 10.5. The van der Waals surface area contributed by atoms with E-state index in [1.54, 1.807) is 0 Å². The third-order valence-electron chi connectivity index (χ3n) is 4.34. The Morgan fingerprint density at radius 3 is 2.89 bits per heavy atom. The number of carbonyl (C=O) groups excluding carboxylic acids is 1. The number of nitrogens with zero attached hydrogens (tertiary/aromatic N) is 1. The highest BCUT2D eigenvalue weighted by molar-refractivity contribution is 9.10. The van der Waals surface area contributed by atoms with Gasteiger partial charge in [-0.3, -0.25) is 4.79 Å². The van der Waals surface area contributed by atoms with Gasteiger partial charge in [-0.15, -0.1) is 0 Å². The summed E-state index contributed by atoms with van der Waals surface area (Å²) in [6, 6.07) is 4.58. The molecule has 1 amide bonds. The van der Waals surface area contributed by atoms with Crippen LogP contribution in [0.4, 0.5) is 5.82 Å². The first-order valence-corrected chi connectivity index (χ1v) is 7.73. The normalized spacial score (nSPS) is 31.9. The summed E-state index contributed by atoms with van der Waals surface area (Å²) in [4.78, 5) is 16.7. The Hall–Kier alpha value is -0.940. The lowest BCUT2D eigenvalue weighted by molar-refractivity contribution is -0.118. The maximum Gasteiger partial charge on any atom is 0.242 e. The molecule has 4 nitrogen and oxygen atoms in total. The number of halogens is 1. The standard InChI is InChI=1S/C14H16BrN3O/c15-12-4-3-9(7-1-2-7)13(17-12)18-14(19)11-6-8-5-10(8)16-11/h3-4,7-8,10-11,16H,1-2,5-6H2,(H,17,18,19)/t8?,10?,11-/m0/s1. The van der Waals surface area contributed by atoms with Gasteiger partial charge in [0.1, 0.15) is 10.4 Å². The van der Waals surface area contributed by atoms with Crippen LogP contribution in [0.5, 0.6) is 0 Å². The number of amides is 1. The minimum absolute atomic E-state index is 0.0309. The van der Waals surface area contributed by atoms with Crippen molar-refractivity contribution in [3.63, 3.8) is 0 Å². The quantitative estimate of drug-likeness (QED) is 0.841. The Morgan fingerprint density at radius 1 is 1.37 bits per heavy atom. The van der Waals surface area contributed by atoms with Gasteiger partial charge >= 0.3 is 0 Å². The second-order valence-corrected chi connectivity index (χ2v) is 6.71. The molecule has 0 aromatic carbocycles. The number of aromatic nitrogens is 1. The fourth-order valence-corrected chi connectivity index (χ4v) is 3.31. The first-order chi connectivity index (χ1) is 9.20. The van der Waals surface area contributed by atoms with Crippen molar-refractivity contribution in [3.8, 4) is 0 Å². The molecule has 1 saturated heterocycles. The Bertz CT molecular complexity index is 533. The van der Waals surface area contributed by atoms with Crippen molar-refractivity contribution in [1.29, 1.82) is 0 Å². The van der Waals surface area contributed by atoms with Crippen molar-refractivity contribution in [1.82, 2.24) is 10.3 Å². The number of nitrogens with one attached hydrogen (secondary N) is 2. The molecule has 3 fully saturated rings. The van der Waals surface area contributed by atoms with Crippen LogP contribution < -0.4 is 10.6 Å². The molecule has 2 N–H and O–H groups in total. The summed E-state index contributed by atoms with van der Waals surface area (Å²) in [5.74, 6) is 2.12. The highest BCUT2D eigenvalue weighted by Gasteiger charge is 2.48. The van der Waals surface area contributed by atoms with Crippen molar-refractivity contribution in [2.45, 2.75) is 43.7 Å². The molecule has 100 valence electrons. The molecule has 2 saturated carbocycles. The largest absolute Gasteiger partial charge is 0.309 e. The van der Waals surface area contributed by atoms with Gasteiger partial charge in [0.2, 0.25) is 5.91 Å². The molecule has 1 aromatic rings. The first-order valence-electron chi connectivity index (χ1n) is 6.94. The summed E-state index contributed by atoms with van der Waals surface area (Å²) in [6.45, 7) is 0. The van der Waals surface area contributed by atoms with Gasteiger partial charge in [0.15, 0.2) is 0 Å². The van der Waals surface area contributed by atoms with E-state index in [9.17, 15) is 4.79 Å². The number of fused-ring (bicyclic) bond motifs is 1. The molecule has 2 aliphatic carbocycles. The van der Waals surface area contributed by atoms with E-state index in [0.717, 1.165) is 22.8 Å². The maximum absolute atomic E-state index is 12.3. The van der Waals surface area contributed by atoms with Crippen LogP contribution in [0.1, 0.15) is 37.2 Å². The van der Waals surface area contributed by atoms with Crippen molar-refractivity contribution >= 4 is 27.7 Å². The number of rotatable bonds is 3. The Labute approximate surface area is 120 Å². The summed E-state index contributed by atoms with van der Waals surface area (Å²) in [7, 11) is 0. The average Bonchev–Trinajstić information content (AvgIpc) is 3.30. The molecule has 1 aromatic heterocycles. The monoisotopic (exact) mass is 321 g/mol. The molecule has 2 unspecified atom stereocenters. The van der Waals surface area contributed by atoms with E-state index in [4.69, 9.17) is 0 Å². The number of hydrogen-bond acceptors (Lipinski definition) is 3. The van der Waals surface area contributed by atoms with Gasteiger partial charge < -0.3 is 10.6 Å². The fraction of sp³-hybridized carbons (Fsp3) is 0.571. The highest BCUT2D eigenvalue weighted by atomic mass is 79.9. The Morgan fingerprint density at radius 2 is 2.21 bits per heavy atom. The van der Waals surface area contributed by atoms with Gasteiger partial charge in [-0.05, 0) is 65.1 Å². The SMILES string of the molecule is O=C(Nc1nc(Br)ccc1C1CC1)[C@@H]1CC2CC2N1. The van der Waals surface area contributed by atoms with Gasteiger partial charge in [0.25, 0.3) is 0 Å². The molecule has 3 aliphatic rings. The van der Waals surface area contributed by atoms with Crippen LogP contribution in [-0.4, -0.2) is 23.0 Å². The van der Waals surface area contributed by atoms with Crippen molar-refractivity contribution < 1.29 is 4.79 Å². The van der Waals surface area contributed by atoms with Crippen LogP contribution >= 0.6 is 15.9 Å². The molecule has 5 heteroatoms. The first kappa shape index (κ1) is 11.9. The number of hydrogen-bond donors (Lipinski definition) is 2. The molecule has 19 heavy (non-hydrogen) atoms. The van der Waals surface area contributed by atoms with Crippen LogP contribution in [0, 0.1) is 5.92 Å². The van der Waals surface area contributed by atoms with Crippen molar-refractivity contribution in [2.24, 2.45) is 5.92 Å². The zero-order chi connectivity index (χ0) is 13.0. The zero-order valence-corrected chi connectivity index (χ0v) is 12.1. The van der Waals surface area contributed by atoms with Gasteiger partial charge in [0, 0.05) is 6.04 Å². The lowest BCUT2D eigenvalue weighted by atomic mass is 10.1. The number of pyridine rings is 1. The van der Waals surface area contributed by atoms with Crippen LogP contribution in [0.2, 0.25) is 0 Å². The summed E-state index contributed by atoms with van der Waals surface area (Å²) in [6.07, 6.45) is 4.63. The van der Waals surface area contributed by atoms with Gasteiger partial charge in [0.05, 0.1) is 6.04 Å². The summed E-state index contributed by atoms with van der Waals surface area (Å²) in [5, 5.41) is 6.39. The van der Waals surface area contributed by atoms with E-state index >= 15 is 0 Å². The predicted octanol–water partition coefficient (Wildman–Crippen LogP) is 2.41. The molecule has 1 aliphatic heterocycles. The van der Waals surface area contributed by atoms with Gasteiger partial charge in [-0.25, -0.2) is 4.98 Å². The van der Waals surface area contributed by atoms with E-state index < -0.39 is 0 Å². The average molecular weight is 322 g/mol. The van der Waals surface area contributed by atoms with Crippen LogP contribution in [0.15, 0.2) is 16.7 Å². The summed E-state index contributed by atoms with van der Waals surface area (Å²) < 4.78 is 0.773. The smallest absolute Gasteiger partial charge is 0.242 e. The minimum Gasteiger partial charge on any atom is -0.309 e. The van der Waals surface area contributed by atoms with Crippen LogP contribution in [0.25, 0.3) is 0 Å². The molecule has 0 bridgehead atoms. The second-order valence-electron chi connectivity index (χ2n) is 5.89. The van der Waals surface area contributed by atoms with Crippen LogP contribution in [0.3, 0.4) is 0 Å². The molecular formula is C14H16BrN3O. The molecular weight excluding hydrogens is 306 g/mol. The minimum atomic E-state index is -0.0309. The number of piperidine rings is 1. The Kier molecular flexibility index (Phi) is 2.67. The van der Waals surface area contributed by atoms with Crippen LogP contribution in [-0.2, 0) is 4.79 Å². The van der Waals surface area contributed by atoms with E-state index in [1.165, 1.54) is 24.8 Å². The molecule has 4 rings (SSSR count). The highest BCUT2D eigenvalue weighted by Crippen LogP contribution is 2.44. The summed E-state index contributed by atoms with van der Waals surface area (Å²) in [5.41, 5.74) is 1.18. The lowest BCUT2D eigenvalue weighted by Crippen LogP contribution is -2.38. The fourth-order valence-electron chi connectivity index (χ4n) is 3.00. The predicted molar refractivity (Wildman–Crippen MR) is 76.0 cm³/mol. The van der Waals surface area contributed by atoms with Crippen molar-refractivity contribution in [3.05, 3.63) is 22.3 Å². The molecule has 2 heterocycles. The third-order valence-corrected chi connectivity index (χ3v) is 4.79. The van der Waals surface area contributed by atoms with E-state index in [-0.39, 0.29) is 11.9 Å². The van der Waals surface area contributed by atoms with Gasteiger partial charge in [-0.1, -0.05) is 6.07 Å². The Balaban J connectivity index is 1.52. The van der Waals surface area contributed by atoms with Crippen molar-refractivity contribution in [2.75, 3.05) is 5.32 Å². The van der Waals surface area contributed by atoms with E-state index in [0.29, 0.717) is 12.0 Å². The lowest BCUT2D eigenvalue weighted by Gasteiger charge is -2.15. The number of anilines is 1. The molecule has 0 radical (unpaired) electrons. The van der Waals surface area contributed by atoms with E-state index in [1.807, 2.05) is 6.07 Å². The molecule has 3 atom stereocenters. The maximum atomic E-state index is 12.3. The van der Waals surface area contributed by atoms with E-state index in [2.05, 4.69) is 37.6 Å². The third kappa shape index (κ3) is 2.30. The summed E-state index contributed by atoms with van der Waals surface area (Å²) >= 11 is 3.38. The van der Waals surface area contributed by atoms with Gasteiger partial charge in [-0.2, -0.15) is 0 Å². The number of carbonyl (C=O) groups is 1. The molecule has 0 spiro atoms. The topological polar surface area (TPSA) is 54.0 Å². The second kappa shape index (κ2) is 4.28.